The first-order valence-corrected chi connectivity index (χ1v) is 6.86. The molecule has 0 atom stereocenters. The van der Waals surface area contributed by atoms with Crippen LogP contribution in [0, 0.1) is 5.92 Å². The molecule has 1 saturated carbocycles. The van der Waals surface area contributed by atoms with Crippen molar-refractivity contribution in [3.8, 4) is 0 Å². The average Bonchev–Trinajstić information content (AvgIpc) is 3.21. The summed E-state index contributed by atoms with van der Waals surface area (Å²) >= 11 is 0. The second-order valence-electron chi connectivity index (χ2n) is 4.91. The molecule has 0 aromatic carbocycles. The summed E-state index contributed by atoms with van der Waals surface area (Å²) in [6.07, 6.45) is 4.66. The van der Waals surface area contributed by atoms with E-state index in [1.54, 1.807) is 0 Å². The minimum Gasteiger partial charge on any atom is -0.356 e. The minimum atomic E-state index is 0.703. The lowest BCUT2D eigenvalue weighted by atomic mass is 10.3. The van der Waals surface area contributed by atoms with Crippen molar-refractivity contribution in [2.24, 2.45) is 11.8 Å². The van der Waals surface area contributed by atoms with Crippen LogP contribution < -0.4 is 16.2 Å². The Kier molecular flexibility index (Phi) is 4.36. The highest BCUT2D eigenvalue weighted by Gasteiger charge is 2.25. The zero-order chi connectivity index (χ0) is 13.0. The molecule has 0 aliphatic heterocycles. The standard InChI is InChI=1S/C13H23N5/c1-3-7-18(9-10-5-6-10)13-8-12(17-14)15-11(4-2)16-13/h8,10H,3-7,9,14H2,1-2H3,(H,15,16,17). The Morgan fingerprint density at radius 3 is 2.72 bits per heavy atom. The first kappa shape index (κ1) is 13.1. The summed E-state index contributed by atoms with van der Waals surface area (Å²) in [4.78, 5) is 11.3. The number of nitrogens with zero attached hydrogens (tertiary/aromatic N) is 3. The Bertz CT molecular complexity index is 367. The van der Waals surface area contributed by atoms with Gasteiger partial charge in [-0.25, -0.2) is 15.8 Å². The van der Waals surface area contributed by atoms with E-state index >= 15 is 0 Å². The third-order valence-electron chi connectivity index (χ3n) is 3.22. The highest BCUT2D eigenvalue weighted by atomic mass is 15.3. The van der Waals surface area contributed by atoms with E-state index in [1.807, 2.05) is 6.07 Å². The fourth-order valence-electron chi connectivity index (χ4n) is 2.06. The predicted molar refractivity (Wildman–Crippen MR) is 74.4 cm³/mol. The summed E-state index contributed by atoms with van der Waals surface area (Å²) < 4.78 is 0. The number of nitrogen functional groups attached to an aromatic ring is 1. The average molecular weight is 249 g/mol. The molecule has 1 aliphatic rings. The molecule has 100 valence electrons. The van der Waals surface area contributed by atoms with E-state index < -0.39 is 0 Å². The SMILES string of the molecule is CCCN(CC1CC1)c1cc(NN)nc(CC)n1. The van der Waals surface area contributed by atoms with E-state index in [1.165, 1.54) is 12.8 Å². The van der Waals surface area contributed by atoms with Gasteiger partial charge >= 0.3 is 0 Å². The van der Waals surface area contributed by atoms with Crippen LogP contribution in [-0.4, -0.2) is 23.1 Å². The van der Waals surface area contributed by atoms with Crippen molar-refractivity contribution in [3.63, 3.8) is 0 Å². The maximum atomic E-state index is 5.47. The summed E-state index contributed by atoms with van der Waals surface area (Å²) in [6.45, 7) is 6.41. The molecular formula is C13H23N5. The fourth-order valence-corrected chi connectivity index (χ4v) is 2.06. The van der Waals surface area contributed by atoms with E-state index in [0.717, 1.165) is 43.5 Å². The van der Waals surface area contributed by atoms with Crippen LogP contribution in [0.1, 0.15) is 38.9 Å². The van der Waals surface area contributed by atoms with Gasteiger partial charge < -0.3 is 10.3 Å². The van der Waals surface area contributed by atoms with Crippen LogP contribution in [0.5, 0.6) is 0 Å². The molecule has 1 heterocycles. The largest absolute Gasteiger partial charge is 0.356 e. The van der Waals surface area contributed by atoms with Crippen LogP contribution in [-0.2, 0) is 6.42 Å². The van der Waals surface area contributed by atoms with Crippen LogP contribution >= 0.6 is 0 Å². The second-order valence-corrected chi connectivity index (χ2v) is 4.91. The third-order valence-corrected chi connectivity index (χ3v) is 3.22. The molecule has 1 aromatic heterocycles. The maximum Gasteiger partial charge on any atom is 0.145 e. The Morgan fingerprint density at radius 2 is 2.17 bits per heavy atom. The van der Waals surface area contributed by atoms with Gasteiger partial charge in [0.1, 0.15) is 17.5 Å². The monoisotopic (exact) mass is 249 g/mol. The number of rotatable bonds is 7. The van der Waals surface area contributed by atoms with Gasteiger partial charge in [0.15, 0.2) is 0 Å². The van der Waals surface area contributed by atoms with E-state index in [-0.39, 0.29) is 0 Å². The van der Waals surface area contributed by atoms with Crippen LogP contribution in [0.25, 0.3) is 0 Å². The number of aryl methyl sites for hydroxylation is 1. The molecule has 3 N–H and O–H groups in total. The Labute approximate surface area is 109 Å². The number of nitrogens with two attached hydrogens (primary N) is 1. The molecule has 0 radical (unpaired) electrons. The van der Waals surface area contributed by atoms with Gasteiger partial charge in [-0.2, -0.15) is 0 Å². The van der Waals surface area contributed by atoms with Crippen molar-refractivity contribution < 1.29 is 0 Å². The predicted octanol–water partition coefficient (Wildman–Crippen LogP) is 1.95. The van der Waals surface area contributed by atoms with Crippen molar-refractivity contribution in [3.05, 3.63) is 11.9 Å². The molecule has 0 unspecified atom stereocenters. The van der Waals surface area contributed by atoms with Gasteiger partial charge in [-0.15, -0.1) is 0 Å². The Morgan fingerprint density at radius 1 is 1.39 bits per heavy atom. The number of nitrogens with one attached hydrogen (secondary N) is 1. The van der Waals surface area contributed by atoms with Crippen molar-refractivity contribution in [2.75, 3.05) is 23.4 Å². The van der Waals surface area contributed by atoms with Gasteiger partial charge in [-0.05, 0) is 25.2 Å². The summed E-state index contributed by atoms with van der Waals surface area (Å²) in [5, 5.41) is 0. The fraction of sp³-hybridized carbons (Fsp3) is 0.692. The van der Waals surface area contributed by atoms with E-state index in [9.17, 15) is 0 Å². The van der Waals surface area contributed by atoms with Crippen molar-refractivity contribution in [2.45, 2.75) is 39.5 Å². The maximum absolute atomic E-state index is 5.47. The Balaban J connectivity index is 2.20. The zero-order valence-electron chi connectivity index (χ0n) is 11.3. The van der Waals surface area contributed by atoms with Crippen LogP contribution in [0.2, 0.25) is 0 Å². The summed E-state index contributed by atoms with van der Waals surface area (Å²) in [7, 11) is 0. The van der Waals surface area contributed by atoms with Crippen molar-refractivity contribution in [1.82, 2.24) is 9.97 Å². The number of hydrogen-bond acceptors (Lipinski definition) is 5. The van der Waals surface area contributed by atoms with Crippen LogP contribution in [0.15, 0.2) is 6.07 Å². The van der Waals surface area contributed by atoms with Gasteiger partial charge in [-0.3, -0.25) is 0 Å². The zero-order valence-corrected chi connectivity index (χ0v) is 11.3. The summed E-state index contributed by atoms with van der Waals surface area (Å²) in [6, 6.07) is 1.94. The highest BCUT2D eigenvalue weighted by molar-refractivity contribution is 5.49. The molecule has 0 bridgehead atoms. The normalized spacial score (nSPS) is 14.6. The first-order chi connectivity index (χ1) is 8.76. The van der Waals surface area contributed by atoms with Crippen LogP contribution in [0.4, 0.5) is 11.6 Å². The topological polar surface area (TPSA) is 67.1 Å². The minimum absolute atomic E-state index is 0.703. The van der Waals surface area contributed by atoms with Gasteiger partial charge in [0.05, 0.1) is 0 Å². The van der Waals surface area contributed by atoms with E-state index in [2.05, 4.69) is 34.1 Å². The van der Waals surface area contributed by atoms with Gasteiger partial charge in [0, 0.05) is 25.6 Å². The third kappa shape index (κ3) is 3.32. The molecule has 5 heteroatoms. The van der Waals surface area contributed by atoms with Gasteiger partial charge in [0.2, 0.25) is 0 Å². The lowest BCUT2D eigenvalue weighted by Crippen LogP contribution is -2.28. The lowest BCUT2D eigenvalue weighted by molar-refractivity contribution is 0.694. The van der Waals surface area contributed by atoms with Gasteiger partial charge in [0.25, 0.3) is 0 Å². The summed E-state index contributed by atoms with van der Waals surface area (Å²) in [5.41, 5.74) is 2.63. The number of hydrogen-bond donors (Lipinski definition) is 2. The molecule has 1 aromatic rings. The van der Waals surface area contributed by atoms with Crippen molar-refractivity contribution >= 4 is 11.6 Å². The molecule has 5 nitrogen and oxygen atoms in total. The molecule has 1 fully saturated rings. The quantitative estimate of drug-likeness (QED) is 0.571. The summed E-state index contributed by atoms with van der Waals surface area (Å²) in [5.74, 6) is 8.87. The Hall–Kier alpha value is -1.36. The van der Waals surface area contributed by atoms with Crippen LogP contribution in [0.3, 0.4) is 0 Å². The van der Waals surface area contributed by atoms with Crippen molar-refractivity contribution in [1.29, 1.82) is 0 Å². The molecule has 0 amide bonds. The lowest BCUT2D eigenvalue weighted by Gasteiger charge is -2.23. The molecule has 0 spiro atoms. The van der Waals surface area contributed by atoms with Gasteiger partial charge in [-0.1, -0.05) is 13.8 Å². The molecular weight excluding hydrogens is 226 g/mol. The van der Waals surface area contributed by atoms with E-state index in [4.69, 9.17) is 5.84 Å². The highest BCUT2D eigenvalue weighted by Crippen LogP contribution is 2.31. The number of aromatic nitrogens is 2. The first-order valence-electron chi connectivity index (χ1n) is 6.86. The number of anilines is 2. The molecule has 0 saturated heterocycles. The van der Waals surface area contributed by atoms with E-state index in [0.29, 0.717) is 5.82 Å². The second kappa shape index (κ2) is 6.00. The molecule has 18 heavy (non-hydrogen) atoms. The molecule has 2 rings (SSSR count). The smallest absolute Gasteiger partial charge is 0.145 e. The number of hydrazine groups is 1. The molecule has 1 aliphatic carbocycles.